The Bertz CT molecular complexity index is 361. The summed E-state index contributed by atoms with van der Waals surface area (Å²) in [4.78, 5) is 0. The van der Waals surface area contributed by atoms with Crippen LogP contribution in [0.5, 0.6) is 0 Å². The first-order chi connectivity index (χ1) is 9.28. The van der Waals surface area contributed by atoms with Crippen LogP contribution in [0.4, 0.5) is 0 Å². The van der Waals surface area contributed by atoms with Crippen LogP contribution in [-0.2, 0) is 25.9 Å². The van der Waals surface area contributed by atoms with Crippen LogP contribution in [0.1, 0.15) is 51.1 Å². The molecule has 1 heterocycles. The van der Waals surface area contributed by atoms with Gasteiger partial charge in [-0.1, -0.05) is 27.7 Å². The fourth-order valence-electron chi connectivity index (χ4n) is 2.34. The van der Waals surface area contributed by atoms with Crippen LogP contribution in [0, 0.1) is 0 Å². The lowest BCUT2D eigenvalue weighted by atomic mass is 10.1. The van der Waals surface area contributed by atoms with Gasteiger partial charge in [-0.3, -0.25) is 4.68 Å². The molecule has 1 aromatic rings. The van der Waals surface area contributed by atoms with Crippen molar-refractivity contribution >= 4 is 11.8 Å². The highest BCUT2D eigenvalue weighted by Gasteiger charge is 2.14. The van der Waals surface area contributed by atoms with E-state index in [1.165, 1.54) is 29.1 Å². The summed E-state index contributed by atoms with van der Waals surface area (Å²) in [6.45, 7) is 12.0. The number of aryl methyl sites for hydroxylation is 2. The lowest BCUT2D eigenvalue weighted by molar-refractivity contribution is 0.619. The largest absolute Gasteiger partial charge is 0.313 e. The molecule has 0 atom stereocenters. The lowest BCUT2D eigenvalue weighted by Gasteiger charge is -2.08. The molecule has 0 aliphatic carbocycles. The molecule has 0 saturated heterocycles. The summed E-state index contributed by atoms with van der Waals surface area (Å²) in [6.07, 6.45) is 3.29. The van der Waals surface area contributed by atoms with Crippen LogP contribution in [-0.4, -0.2) is 27.8 Å². The molecular formula is C15H29N3S. The number of hydrogen-bond donors (Lipinski definition) is 1. The zero-order valence-corrected chi connectivity index (χ0v) is 13.8. The summed E-state index contributed by atoms with van der Waals surface area (Å²) < 4.78 is 2.24. The Morgan fingerprint density at radius 3 is 2.53 bits per heavy atom. The molecule has 0 fully saturated rings. The van der Waals surface area contributed by atoms with Crippen molar-refractivity contribution in [3.63, 3.8) is 0 Å². The highest BCUT2D eigenvalue weighted by molar-refractivity contribution is 7.99. The maximum Gasteiger partial charge on any atom is 0.0669 e. The molecule has 1 rings (SSSR count). The molecule has 0 aromatic carbocycles. The molecule has 110 valence electrons. The van der Waals surface area contributed by atoms with Crippen LogP contribution < -0.4 is 5.32 Å². The van der Waals surface area contributed by atoms with E-state index in [0.717, 1.165) is 38.2 Å². The average Bonchev–Trinajstić information content (AvgIpc) is 2.76. The minimum absolute atomic E-state index is 0.973. The minimum Gasteiger partial charge on any atom is -0.313 e. The van der Waals surface area contributed by atoms with Gasteiger partial charge >= 0.3 is 0 Å². The summed E-state index contributed by atoms with van der Waals surface area (Å²) >= 11 is 1.99. The highest BCUT2D eigenvalue weighted by Crippen LogP contribution is 2.17. The van der Waals surface area contributed by atoms with E-state index in [0.29, 0.717) is 0 Å². The Labute approximate surface area is 122 Å². The maximum absolute atomic E-state index is 4.81. The third-order valence-corrected chi connectivity index (χ3v) is 4.18. The molecular weight excluding hydrogens is 254 g/mol. The third-order valence-electron chi connectivity index (χ3n) is 3.30. The third kappa shape index (κ3) is 4.84. The van der Waals surface area contributed by atoms with Crippen LogP contribution >= 0.6 is 11.8 Å². The van der Waals surface area contributed by atoms with E-state index < -0.39 is 0 Å². The monoisotopic (exact) mass is 283 g/mol. The summed E-state index contributed by atoms with van der Waals surface area (Å²) in [6, 6.07) is 0. The molecule has 0 saturated carbocycles. The Hall–Kier alpha value is -0.480. The molecule has 0 aliphatic rings. The van der Waals surface area contributed by atoms with Crippen molar-refractivity contribution in [3.05, 3.63) is 17.0 Å². The van der Waals surface area contributed by atoms with E-state index in [1.54, 1.807) is 0 Å². The van der Waals surface area contributed by atoms with E-state index in [4.69, 9.17) is 5.10 Å². The van der Waals surface area contributed by atoms with Crippen molar-refractivity contribution in [2.75, 3.05) is 18.1 Å². The topological polar surface area (TPSA) is 29.9 Å². The Kier molecular flexibility index (Phi) is 8.22. The Balaban J connectivity index is 2.80. The number of thioether (sulfide) groups is 1. The van der Waals surface area contributed by atoms with E-state index in [1.807, 2.05) is 11.8 Å². The summed E-state index contributed by atoms with van der Waals surface area (Å²) in [5, 5.41) is 8.34. The predicted octanol–water partition coefficient (Wildman–Crippen LogP) is 3.26. The van der Waals surface area contributed by atoms with Crippen molar-refractivity contribution in [2.24, 2.45) is 0 Å². The van der Waals surface area contributed by atoms with Crippen LogP contribution in [0.2, 0.25) is 0 Å². The van der Waals surface area contributed by atoms with Crippen molar-refractivity contribution < 1.29 is 0 Å². The molecule has 0 aliphatic heterocycles. The van der Waals surface area contributed by atoms with Gasteiger partial charge in [0, 0.05) is 23.6 Å². The standard InChI is InChI=1S/C15H29N3S/c1-5-9-16-12-13-14(6-2)17-18(15(13)7-3)10-11-19-8-4/h16H,5-12H2,1-4H3. The lowest BCUT2D eigenvalue weighted by Crippen LogP contribution is -2.16. The molecule has 19 heavy (non-hydrogen) atoms. The normalized spacial score (nSPS) is 11.2. The number of aromatic nitrogens is 2. The molecule has 0 bridgehead atoms. The van der Waals surface area contributed by atoms with Gasteiger partial charge in [0.1, 0.15) is 0 Å². The molecule has 1 N–H and O–H groups in total. The molecule has 3 nitrogen and oxygen atoms in total. The van der Waals surface area contributed by atoms with Gasteiger partial charge in [-0.2, -0.15) is 16.9 Å². The fourth-order valence-corrected chi connectivity index (χ4v) is 2.93. The van der Waals surface area contributed by atoms with Crippen LogP contribution in [0.15, 0.2) is 0 Å². The number of rotatable bonds is 10. The fraction of sp³-hybridized carbons (Fsp3) is 0.800. The van der Waals surface area contributed by atoms with Gasteiger partial charge < -0.3 is 5.32 Å². The average molecular weight is 283 g/mol. The van der Waals surface area contributed by atoms with Gasteiger partial charge in [0.05, 0.1) is 12.2 Å². The van der Waals surface area contributed by atoms with Crippen molar-refractivity contribution in [1.82, 2.24) is 15.1 Å². The molecule has 0 unspecified atom stereocenters. The van der Waals surface area contributed by atoms with E-state index >= 15 is 0 Å². The maximum atomic E-state index is 4.81. The van der Waals surface area contributed by atoms with Crippen molar-refractivity contribution in [1.29, 1.82) is 0 Å². The van der Waals surface area contributed by atoms with Gasteiger partial charge in [0.15, 0.2) is 0 Å². The van der Waals surface area contributed by atoms with E-state index in [9.17, 15) is 0 Å². The van der Waals surface area contributed by atoms with Crippen molar-refractivity contribution in [3.8, 4) is 0 Å². The number of nitrogens with one attached hydrogen (secondary N) is 1. The van der Waals surface area contributed by atoms with Crippen molar-refractivity contribution in [2.45, 2.75) is 60.0 Å². The predicted molar refractivity (Wildman–Crippen MR) is 86.0 cm³/mol. The van der Waals surface area contributed by atoms with Gasteiger partial charge in [-0.25, -0.2) is 0 Å². The molecule has 4 heteroatoms. The van der Waals surface area contributed by atoms with Crippen LogP contribution in [0.25, 0.3) is 0 Å². The van der Waals surface area contributed by atoms with Crippen LogP contribution in [0.3, 0.4) is 0 Å². The minimum atomic E-state index is 0.973. The van der Waals surface area contributed by atoms with Gasteiger partial charge in [-0.05, 0) is 31.6 Å². The number of nitrogens with zero attached hydrogens (tertiary/aromatic N) is 2. The highest BCUT2D eigenvalue weighted by atomic mass is 32.2. The smallest absolute Gasteiger partial charge is 0.0669 e. The summed E-state index contributed by atoms with van der Waals surface area (Å²) in [5.41, 5.74) is 4.15. The molecule has 0 amide bonds. The first-order valence-corrected chi connectivity index (χ1v) is 8.79. The second kappa shape index (κ2) is 9.43. The molecule has 0 spiro atoms. The first kappa shape index (κ1) is 16.6. The molecule has 1 aromatic heterocycles. The second-order valence-corrected chi connectivity index (χ2v) is 6.07. The number of hydrogen-bond acceptors (Lipinski definition) is 3. The quantitative estimate of drug-likeness (QED) is 0.668. The summed E-state index contributed by atoms with van der Waals surface area (Å²) in [7, 11) is 0. The van der Waals surface area contributed by atoms with E-state index in [2.05, 4.69) is 37.7 Å². The SMILES string of the molecule is CCCNCc1c(CC)nn(CCSCC)c1CC. The zero-order chi connectivity index (χ0) is 14.1. The van der Waals surface area contributed by atoms with E-state index in [-0.39, 0.29) is 0 Å². The second-order valence-electron chi connectivity index (χ2n) is 4.68. The zero-order valence-electron chi connectivity index (χ0n) is 13.0. The Morgan fingerprint density at radius 2 is 1.95 bits per heavy atom. The van der Waals surface area contributed by atoms with Gasteiger partial charge in [0.2, 0.25) is 0 Å². The van der Waals surface area contributed by atoms with Gasteiger partial charge in [-0.15, -0.1) is 0 Å². The first-order valence-electron chi connectivity index (χ1n) is 7.64. The van der Waals surface area contributed by atoms with Gasteiger partial charge in [0.25, 0.3) is 0 Å². The molecule has 0 radical (unpaired) electrons. The Morgan fingerprint density at radius 1 is 1.16 bits per heavy atom. The summed E-state index contributed by atoms with van der Waals surface area (Å²) in [5.74, 6) is 2.35.